The standard InChI is InChI=1S/C17H15BrClFN2O2/c18-14-5-4-12(19)8-11(14)9-15(17(21)24)22-16(23)7-10-2-1-3-13(20)6-10/h1-6,8,15H,7,9H2,(H2,21,24)(H,22,23)/t15-/m0/s1. The number of nitrogens with one attached hydrogen (secondary N) is 1. The van der Waals surface area contributed by atoms with E-state index in [1.807, 2.05) is 0 Å². The number of benzene rings is 2. The number of carbonyl (C=O) groups excluding carboxylic acids is 2. The fourth-order valence-electron chi connectivity index (χ4n) is 2.22. The smallest absolute Gasteiger partial charge is 0.240 e. The summed E-state index contributed by atoms with van der Waals surface area (Å²) in [5, 5.41) is 3.10. The van der Waals surface area contributed by atoms with Crippen LogP contribution in [0.25, 0.3) is 0 Å². The van der Waals surface area contributed by atoms with Crippen LogP contribution in [0.15, 0.2) is 46.9 Å². The van der Waals surface area contributed by atoms with Crippen molar-refractivity contribution in [2.45, 2.75) is 18.9 Å². The average molecular weight is 414 g/mol. The summed E-state index contributed by atoms with van der Waals surface area (Å²) in [6.45, 7) is 0. The van der Waals surface area contributed by atoms with Crippen LogP contribution >= 0.6 is 27.5 Å². The molecule has 1 atom stereocenters. The maximum absolute atomic E-state index is 13.2. The summed E-state index contributed by atoms with van der Waals surface area (Å²) in [4.78, 5) is 23.7. The predicted molar refractivity (Wildman–Crippen MR) is 94.1 cm³/mol. The molecule has 3 N–H and O–H groups in total. The Morgan fingerprint density at radius 2 is 2.00 bits per heavy atom. The molecule has 0 radical (unpaired) electrons. The molecule has 0 spiro atoms. The van der Waals surface area contributed by atoms with Crippen LogP contribution in [-0.4, -0.2) is 17.9 Å². The first-order valence-electron chi connectivity index (χ1n) is 7.12. The van der Waals surface area contributed by atoms with E-state index in [1.165, 1.54) is 18.2 Å². The first-order valence-corrected chi connectivity index (χ1v) is 8.29. The molecule has 2 amide bonds. The maximum Gasteiger partial charge on any atom is 0.240 e. The second-order valence-electron chi connectivity index (χ2n) is 5.27. The van der Waals surface area contributed by atoms with Crippen LogP contribution in [0, 0.1) is 5.82 Å². The van der Waals surface area contributed by atoms with Gasteiger partial charge in [0.15, 0.2) is 0 Å². The molecule has 0 aliphatic rings. The molecule has 0 aromatic heterocycles. The average Bonchev–Trinajstić information content (AvgIpc) is 2.50. The molecule has 0 bridgehead atoms. The summed E-state index contributed by atoms with van der Waals surface area (Å²) in [5.41, 5.74) is 6.64. The number of nitrogens with two attached hydrogens (primary N) is 1. The predicted octanol–water partition coefficient (Wildman–Crippen LogP) is 3.00. The molecule has 0 aliphatic heterocycles. The molecule has 0 saturated carbocycles. The summed E-state index contributed by atoms with van der Waals surface area (Å²) in [7, 11) is 0. The van der Waals surface area contributed by atoms with Gasteiger partial charge < -0.3 is 11.1 Å². The van der Waals surface area contributed by atoms with Gasteiger partial charge in [-0.25, -0.2) is 4.39 Å². The number of primary amides is 1. The summed E-state index contributed by atoms with van der Waals surface area (Å²) in [5.74, 6) is -1.49. The van der Waals surface area contributed by atoms with Gasteiger partial charge in [-0.2, -0.15) is 0 Å². The fraction of sp³-hybridized carbons (Fsp3) is 0.176. The quantitative estimate of drug-likeness (QED) is 0.764. The Morgan fingerprint density at radius 1 is 1.25 bits per heavy atom. The first-order chi connectivity index (χ1) is 11.3. The molecule has 7 heteroatoms. The lowest BCUT2D eigenvalue weighted by Gasteiger charge is -2.16. The van der Waals surface area contributed by atoms with Crippen LogP contribution in [-0.2, 0) is 22.4 Å². The second-order valence-corrected chi connectivity index (χ2v) is 6.56. The molecule has 0 fully saturated rings. The first kappa shape index (κ1) is 18.4. The van der Waals surface area contributed by atoms with Crippen LogP contribution in [0.3, 0.4) is 0 Å². The summed E-state index contributed by atoms with van der Waals surface area (Å²) >= 11 is 9.32. The van der Waals surface area contributed by atoms with E-state index in [2.05, 4.69) is 21.2 Å². The van der Waals surface area contributed by atoms with Crippen LogP contribution in [0.2, 0.25) is 5.02 Å². The molecule has 0 aliphatic carbocycles. The van der Waals surface area contributed by atoms with Gasteiger partial charge >= 0.3 is 0 Å². The van der Waals surface area contributed by atoms with Gasteiger partial charge in [-0.05, 0) is 41.5 Å². The molecular weight excluding hydrogens is 399 g/mol. The minimum atomic E-state index is -0.888. The maximum atomic E-state index is 13.2. The van der Waals surface area contributed by atoms with E-state index in [4.69, 9.17) is 17.3 Å². The highest BCUT2D eigenvalue weighted by Gasteiger charge is 2.20. The highest BCUT2D eigenvalue weighted by molar-refractivity contribution is 9.10. The summed E-state index contributed by atoms with van der Waals surface area (Å²) in [6, 6.07) is 9.99. The lowest BCUT2D eigenvalue weighted by atomic mass is 10.0. The Labute approximate surface area is 152 Å². The molecule has 0 unspecified atom stereocenters. The Hall–Kier alpha value is -1.92. The van der Waals surface area contributed by atoms with Gasteiger partial charge in [-0.15, -0.1) is 0 Å². The van der Waals surface area contributed by atoms with E-state index in [1.54, 1.807) is 24.3 Å². The van der Waals surface area contributed by atoms with E-state index in [0.29, 0.717) is 10.6 Å². The molecule has 2 rings (SSSR count). The molecule has 4 nitrogen and oxygen atoms in total. The molecule has 0 heterocycles. The van der Waals surface area contributed by atoms with Crippen LogP contribution in [0.1, 0.15) is 11.1 Å². The van der Waals surface area contributed by atoms with E-state index >= 15 is 0 Å². The largest absolute Gasteiger partial charge is 0.368 e. The normalized spacial score (nSPS) is 11.8. The highest BCUT2D eigenvalue weighted by Crippen LogP contribution is 2.22. The number of halogens is 3. The number of hydrogen-bond acceptors (Lipinski definition) is 2. The van der Waals surface area contributed by atoms with E-state index < -0.39 is 23.7 Å². The lowest BCUT2D eigenvalue weighted by molar-refractivity contribution is -0.127. The van der Waals surface area contributed by atoms with Crippen LogP contribution in [0.4, 0.5) is 4.39 Å². The Morgan fingerprint density at radius 3 is 2.67 bits per heavy atom. The zero-order valence-corrected chi connectivity index (χ0v) is 14.9. The third kappa shape index (κ3) is 5.32. The van der Waals surface area contributed by atoms with Crippen molar-refractivity contribution in [1.29, 1.82) is 0 Å². The minimum absolute atomic E-state index is 0.0434. The van der Waals surface area contributed by atoms with Gasteiger partial charge in [0.1, 0.15) is 11.9 Å². The van der Waals surface area contributed by atoms with Gasteiger partial charge in [0.2, 0.25) is 11.8 Å². The number of amides is 2. The Kier molecular flexibility index (Phi) is 6.34. The van der Waals surface area contributed by atoms with Crippen LogP contribution in [0.5, 0.6) is 0 Å². The van der Waals surface area contributed by atoms with Crippen molar-refractivity contribution >= 4 is 39.3 Å². The van der Waals surface area contributed by atoms with Crippen molar-refractivity contribution in [3.63, 3.8) is 0 Å². The number of hydrogen-bond donors (Lipinski definition) is 2. The molecule has 2 aromatic carbocycles. The summed E-state index contributed by atoms with van der Waals surface area (Å²) in [6.07, 6.45) is 0.156. The molecule has 24 heavy (non-hydrogen) atoms. The van der Waals surface area contributed by atoms with Crippen molar-refractivity contribution < 1.29 is 14.0 Å². The fourth-order valence-corrected chi connectivity index (χ4v) is 2.82. The van der Waals surface area contributed by atoms with Crippen molar-refractivity contribution in [2.24, 2.45) is 5.73 Å². The zero-order valence-electron chi connectivity index (χ0n) is 12.6. The monoisotopic (exact) mass is 412 g/mol. The van der Waals surface area contributed by atoms with E-state index in [9.17, 15) is 14.0 Å². The zero-order chi connectivity index (χ0) is 17.7. The minimum Gasteiger partial charge on any atom is -0.368 e. The Bertz CT molecular complexity index is 770. The van der Waals surface area contributed by atoms with Crippen molar-refractivity contribution in [3.05, 3.63) is 68.9 Å². The highest BCUT2D eigenvalue weighted by atomic mass is 79.9. The SMILES string of the molecule is NC(=O)[C@H](Cc1cc(Cl)ccc1Br)NC(=O)Cc1cccc(F)c1. The van der Waals surface area contributed by atoms with Crippen molar-refractivity contribution in [2.75, 3.05) is 0 Å². The molecule has 2 aromatic rings. The molecule has 0 saturated heterocycles. The number of carbonyl (C=O) groups is 2. The van der Waals surface area contributed by atoms with Gasteiger partial charge in [-0.1, -0.05) is 39.7 Å². The van der Waals surface area contributed by atoms with Crippen molar-refractivity contribution in [3.8, 4) is 0 Å². The topological polar surface area (TPSA) is 72.2 Å². The third-order valence-electron chi connectivity index (χ3n) is 3.36. The van der Waals surface area contributed by atoms with Gasteiger partial charge in [-0.3, -0.25) is 9.59 Å². The second kappa shape index (κ2) is 8.26. The van der Waals surface area contributed by atoms with Crippen LogP contribution < -0.4 is 11.1 Å². The van der Waals surface area contributed by atoms with Crippen molar-refractivity contribution in [1.82, 2.24) is 5.32 Å². The summed E-state index contributed by atoms with van der Waals surface area (Å²) < 4.78 is 13.9. The molecule has 126 valence electrons. The van der Waals surface area contributed by atoms with Gasteiger partial charge in [0.25, 0.3) is 0 Å². The third-order valence-corrected chi connectivity index (χ3v) is 4.37. The molecular formula is C17H15BrClFN2O2. The van der Waals surface area contributed by atoms with E-state index in [-0.39, 0.29) is 12.8 Å². The van der Waals surface area contributed by atoms with Gasteiger partial charge in [0.05, 0.1) is 6.42 Å². The van der Waals surface area contributed by atoms with Gasteiger partial charge in [0, 0.05) is 15.9 Å². The Balaban J connectivity index is 2.06. The number of rotatable bonds is 6. The van der Waals surface area contributed by atoms with E-state index in [0.717, 1.165) is 10.0 Å². The lowest BCUT2D eigenvalue weighted by Crippen LogP contribution is -2.46.